The third-order valence-electron chi connectivity index (χ3n) is 10.1. The Morgan fingerprint density at radius 2 is 1.40 bits per heavy atom. The van der Waals surface area contributed by atoms with E-state index in [0.717, 1.165) is 5.56 Å². The highest BCUT2D eigenvalue weighted by atomic mass is 16.6. The van der Waals surface area contributed by atoms with Crippen molar-refractivity contribution in [3.63, 3.8) is 0 Å². The Kier molecular flexibility index (Phi) is 10.5. The number of esters is 5. The van der Waals surface area contributed by atoms with Gasteiger partial charge in [0.1, 0.15) is 24.4 Å². The molecule has 0 radical (unpaired) electrons. The molecule has 0 unspecified atom stereocenters. The lowest BCUT2D eigenvalue weighted by atomic mass is 9.49. The van der Waals surface area contributed by atoms with Crippen LogP contribution in [0.3, 0.4) is 0 Å². The molecule has 0 amide bonds. The van der Waals surface area contributed by atoms with E-state index in [9.17, 15) is 24.0 Å². The zero-order valence-corrected chi connectivity index (χ0v) is 28.5. The molecule has 8 atom stereocenters. The average Bonchev–Trinajstić information content (AvgIpc) is 2.96. The van der Waals surface area contributed by atoms with Crippen LogP contribution in [0.25, 0.3) is 6.08 Å². The molecule has 1 aromatic carbocycles. The van der Waals surface area contributed by atoms with Crippen molar-refractivity contribution in [1.29, 1.82) is 0 Å². The van der Waals surface area contributed by atoms with Crippen LogP contribution in [-0.2, 0) is 47.7 Å². The van der Waals surface area contributed by atoms with Crippen molar-refractivity contribution in [2.75, 3.05) is 0 Å². The van der Waals surface area contributed by atoms with E-state index in [4.69, 9.17) is 23.7 Å². The van der Waals surface area contributed by atoms with Crippen LogP contribution >= 0.6 is 0 Å². The molecule has 1 aromatic rings. The Bertz CT molecular complexity index is 1490. The number of rotatable bonds is 7. The summed E-state index contributed by atoms with van der Waals surface area (Å²) in [6.07, 6.45) is -0.472. The van der Waals surface area contributed by atoms with Crippen molar-refractivity contribution < 1.29 is 47.7 Å². The first-order valence-electron chi connectivity index (χ1n) is 16.0. The van der Waals surface area contributed by atoms with Crippen molar-refractivity contribution in [1.82, 2.24) is 0 Å². The van der Waals surface area contributed by atoms with Crippen molar-refractivity contribution in [3.05, 3.63) is 65.3 Å². The van der Waals surface area contributed by atoms with Crippen LogP contribution in [0.4, 0.5) is 0 Å². The van der Waals surface area contributed by atoms with Gasteiger partial charge in [-0.3, -0.25) is 19.2 Å². The standard InChI is InChI=1S/C37H46O10/c1-20-28(47-30(42)16-15-26-13-11-10-12-14-26)17-18-37(9)32(20)33(44-23(4)39)27-19-29(43-22(3)38)21(2)31(36(27,7)8)34(45-24(5)40)35(37)46-25(6)41/h10-16,27-29,32-35H,1,17-19H2,2-9H3/b16-15+/t27-,28-,29-,32-,33+,34+,35-,37+/m0/s1. The fourth-order valence-corrected chi connectivity index (χ4v) is 8.16. The van der Waals surface area contributed by atoms with Crippen LogP contribution in [0.1, 0.15) is 80.2 Å². The maximum absolute atomic E-state index is 13.1. The summed E-state index contributed by atoms with van der Waals surface area (Å²) in [6.45, 7) is 17.3. The number of hydrogen-bond donors (Lipinski definition) is 0. The minimum atomic E-state index is -1.06. The lowest BCUT2D eigenvalue weighted by Crippen LogP contribution is -2.64. The summed E-state index contributed by atoms with van der Waals surface area (Å²) in [5.74, 6) is -3.98. The first kappa shape index (κ1) is 35.6. The first-order chi connectivity index (χ1) is 22.0. The highest BCUT2D eigenvalue weighted by Gasteiger charge is 2.64. The summed E-state index contributed by atoms with van der Waals surface area (Å²) in [5.41, 5.74) is 0.822. The second kappa shape index (κ2) is 13.9. The third-order valence-corrected chi connectivity index (χ3v) is 10.1. The zero-order valence-electron chi connectivity index (χ0n) is 28.5. The molecular formula is C37H46O10. The number of fused-ring (bicyclic) bond motifs is 3. The van der Waals surface area contributed by atoms with E-state index >= 15 is 0 Å². The molecule has 10 heteroatoms. The maximum Gasteiger partial charge on any atom is 0.331 e. The van der Waals surface area contributed by atoms with Gasteiger partial charge in [0.15, 0.2) is 6.10 Å². The molecule has 0 saturated heterocycles. The molecule has 0 aliphatic heterocycles. The summed E-state index contributed by atoms with van der Waals surface area (Å²) in [5, 5.41) is 0. The van der Waals surface area contributed by atoms with Crippen LogP contribution in [0.5, 0.6) is 0 Å². The highest BCUT2D eigenvalue weighted by Crippen LogP contribution is 2.61. The van der Waals surface area contributed by atoms with Crippen LogP contribution in [0.15, 0.2) is 59.7 Å². The molecule has 2 bridgehead atoms. The smallest absolute Gasteiger partial charge is 0.331 e. The monoisotopic (exact) mass is 650 g/mol. The number of carbonyl (C=O) groups is 5. The molecule has 3 aliphatic carbocycles. The molecule has 3 aliphatic rings. The van der Waals surface area contributed by atoms with Gasteiger partial charge in [0, 0.05) is 51.0 Å². The molecule has 10 nitrogen and oxygen atoms in total. The van der Waals surface area contributed by atoms with Gasteiger partial charge < -0.3 is 23.7 Å². The molecular weight excluding hydrogens is 604 g/mol. The van der Waals surface area contributed by atoms with Gasteiger partial charge in [-0.25, -0.2) is 4.79 Å². The Labute approximate surface area is 276 Å². The van der Waals surface area contributed by atoms with E-state index in [-0.39, 0.29) is 0 Å². The van der Waals surface area contributed by atoms with E-state index in [1.165, 1.54) is 33.8 Å². The van der Waals surface area contributed by atoms with Gasteiger partial charge in [-0.1, -0.05) is 57.7 Å². The van der Waals surface area contributed by atoms with E-state index in [0.29, 0.717) is 36.0 Å². The normalized spacial score (nSPS) is 31.5. The zero-order chi connectivity index (χ0) is 34.8. The number of carbonyl (C=O) groups excluding carboxylic acids is 5. The number of hydrogen-bond acceptors (Lipinski definition) is 10. The fourth-order valence-electron chi connectivity index (χ4n) is 8.16. The predicted molar refractivity (Wildman–Crippen MR) is 172 cm³/mol. The highest BCUT2D eigenvalue weighted by molar-refractivity contribution is 5.87. The second-order valence-corrected chi connectivity index (χ2v) is 13.7. The molecule has 4 rings (SSSR count). The molecule has 0 aromatic heterocycles. The minimum Gasteiger partial charge on any atom is -0.462 e. The van der Waals surface area contributed by atoms with Gasteiger partial charge in [0.25, 0.3) is 0 Å². The predicted octanol–water partition coefficient (Wildman–Crippen LogP) is 5.69. The topological polar surface area (TPSA) is 132 Å². The third kappa shape index (κ3) is 7.36. The van der Waals surface area contributed by atoms with E-state index < -0.39 is 83.0 Å². The molecule has 254 valence electrons. The summed E-state index contributed by atoms with van der Waals surface area (Å²) in [4.78, 5) is 63.7. The van der Waals surface area contributed by atoms with Crippen molar-refractivity contribution in [3.8, 4) is 0 Å². The maximum atomic E-state index is 13.1. The molecule has 47 heavy (non-hydrogen) atoms. The van der Waals surface area contributed by atoms with Crippen LogP contribution < -0.4 is 0 Å². The Balaban J connectivity index is 1.90. The second-order valence-electron chi connectivity index (χ2n) is 13.7. The van der Waals surface area contributed by atoms with Gasteiger partial charge in [-0.2, -0.15) is 0 Å². The summed E-state index contributed by atoms with van der Waals surface area (Å²) < 4.78 is 30.1. The molecule has 0 heterocycles. The molecule has 0 N–H and O–H groups in total. The molecule has 2 fully saturated rings. The van der Waals surface area contributed by atoms with Crippen LogP contribution in [-0.4, -0.2) is 60.4 Å². The molecule has 2 saturated carbocycles. The van der Waals surface area contributed by atoms with Gasteiger partial charge in [-0.15, -0.1) is 0 Å². The van der Waals surface area contributed by atoms with Gasteiger partial charge >= 0.3 is 29.8 Å². The van der Waals surface area contributed by atoms with Gasteiger partial charge in [0.2, 0.25) is 0 Å². The summed E-state index contributed by atoms with van der Waals surface area (Å²) >= 11 is 0. The SMILES string of the molecule is C=C1[C@@H](OC(=O)/C=C/c2ccccc2)CC[C@@]2(C)[C@@H](OC(C)=O)[C@H](OC(C)=O)C3=C(C)[C@@H](OC(C)=O)C[C@@H]([C@@H](OC(C)=O)[C@H]12)C3(C)C. The quantitative estimate of drug-likeness (QED) is 0.157. The summed E-state index contributed by atoms with van der Waals surface area (Å²) in [6, 6.07) is 9.33. The van der Waals surface area contributed by atoms with Crippen molar-refractivity contribution >= 4 is 35.9 Å². The first-order valence-corrected chi connectivity index (χ1v) is 16.0. The number of benzene rings is 1. The van der Waals surface area contributed by atoms with Crippen LogP contribution in [0, 0.1) is 22.7 Å². The van der Waals surface area contributed by atoms with Gasteiger partial charge in [-0.05, 0) is 60.0 Å². The van der Waals surface area contributed by atoms with E-state index in [2.05, 4.69) is 6.58 Å². The largest absolute Gasteiger partial charge is 0.462 e. The number of ether oxygens (including phenoxy) is 5. The average molecular weight is 651 g/mol. The van der Waals surface area contributed by atoms with Gasteiger partial charge in [0.05, 0.1) is 0 Å². The fraction of sp³-hybridized carbons (Fsp3) is 0.541. The van der Waals surface area contributed by atoms with E-state index in [1.54, 1.807) is 6.08 Å². The van der Waals surface area contributed by atoms with E-state index in [1.807, 2.05) is 58.0 Å². The minimum absolute atomic E-state index is 0.301. The Hall–Kier alpha value is -4.21. The van der Waals surface area contributed by atoms with Crippen molar-refractivity contribution in [2.24, 2.45) is 22.7 Å². The van der Waals surface area contributed by atoms with Crippen molar-refractivity contribution in [2.45, 2.75) is 105 Å². The molecule has 0 spiro atoms. The Morgan fingerprint density at radius 3 is 1.98 bits per heavy atom. The van der Waals surface area contributed by atoms with Crippen LogP contribution in [0.2, 0.25) is 0 Å². The summed E-state index contributed by atoms with van der Waals surface area (Å²) in [7, 11) is 0. The lowest BCUT2D eigenvalue weighted by molar-refractivity contribution is -0.204. The lowest BCUT2D eigenvalue weighted by Gasteiger charge is -2.60. The Morgan fingerprint density at radius 1 is 0.809 bits per heavy atom.